The molecule has 1 N–H and O–H groups in total. The summed E-state index contributed by atoms with van der Waals surface area (Å²) in [5, 5.41) is 0. The van der Waals surface area contributed by atoms with Crippen LogP contribution in [-0.4, -0.2) is 4.98 Å². The minimum absolute atomic E-state index is 0. The molecule has 1 rings (SSSR count). The number of rotatable bonds is 1. The van der Waals surface area contributed by atoms with Crippen molar-refractivity contribution in [2.24, 2.45) is 0 Å². The Balaban J connectivity index is 0. The molecule has 4 heteroatoms. The van der Waals surface area contributed by atoms with Gasteiger partial charge in [0.05, 0.1) is 0 Å². The number of H-pyrrole nitrogens is 1. The molecule has 1 aromatic heterocycles. The van der Waals surface area contributed by atoms with E-state index >= 15 is 0 Å². The molecule has 0 aliphatic rings. The summed E-state index contributed by atoms with van der Waals surface area (Å²) < 4.78 is 11.2. The Morgan fingerprint density at radius 1 is 1.08 bits per heavy atom. The first-order chi connectivity index (χ1) is 4.36. The standard InChI is InChI=1S/C4H4N.4CH3.2ClH.Zr/c1-2-4-5-3-1;;;;;;;/h1-3,5H;4*1H3;2*1H;. The van der Waals surface area contributed by atoms with Crippen molar-refractivity contribution in [3.05, 3.63) is 18.3 Å². The maximum absolute atomic E-state index is 3.31. The summed E-state index contributed by atoms with van der Waals surface area (Å²) in [6.07, 6.45) is 2.02. The van der Waals surface area contributed by atoms with Gasteiger partial charge in [-0.3, -0.25) is 0 Å². The maximum atomic E-state index is 3.31. The topological polar surface area (TPSA) is 15.8 Å². The van der Waals surface area contributed by atoms with Crippen molar-refractivity contribution in [3.8, 4) is 0 Å². The zero-order chi connectivity index (χ0) is 7.85. The van der Waals surface area contributed by atoms with Crippen molar-refractivity contribution in [3.63, 3.8) is 0 Å². The van der Waals surface area contributed by atoms with Crippen LogP contribution < -0.4 is 3.40 Å². The molecular formula is C8H18Cl2NZr. The molecule has 1 nitrogen and oxygen atoms in total. The fourth-order valence-corrected chi connectivity index (χ4v) is 4.45. The summed E-state index contributed by atoms with van der Waals surface area (Å²) in [7, 11) is 0. The molecule has 0 unspecified atom stereocenters. The average Bonchev–Trinajstić information content (AvgIpc) is 2.04. The van der Waals surface area contributed by atoms with Gasteiger partial charge in [0.15, 0.2) is 0 Å². The molecule has 0 aliphatic heterocycles. The van der Waals surface area contributed by atoms with Gasteiger partial charge in [0.25, 0.3) is 0 Å². The minimum atomic E-state index is -2.31. The summed E-state index contributed by atoms with van der Waals surface area (Å²) in [6, 6.07) is 4.30. The van der Waals surface area contributed by atoms with Crippen molar-refractivity contribution in [2.75, 3.05) is 0 Å². The fourth-order valence-electron chi connectivity index (χ4n) is 0.952. The van der Waals surface area contributed by atoms with Crippen LogP contribution in [0.25, 0.3) is 0 Å². The zero-order valence-electron chi connectivity index (χ0n) is 8.05. The van der Waals surface area contributed by atoms with Crippen LogP contribution in [0.2, 0.25) is 18.5 Å². The van der Waals surface area contributed by atoms with Crippen LogP contribution in [0.4, 0.5) is 0 Å². The Morgan fingerprint density at radius 2 is 1.58 bits per heavy atom. The quantitative estimate of drug-likeness (QED) is 0.816. The number of hydrogen-bond acceptors (Lipinski definition) is 0. The summed E-state index contributed by atoms with van der Waals surface area (Å²) in [4.78, 5) is 3.31. The predicted molar refractivity (Wildman–Crippen MR) is 58.4 cm³/mol. The van der Waals surface area contributed by atoms with Gasteiger partial charge < -0.3 is 0 Å². The van der Waals surface area contributed by atoms with Gasteiger partial charge in [0.2, 0.25) is 0 Å². The van der Waals surface area contributed by atoms with Crippen LogP contribution in [0.5, 0.6) is 0 Å². The summed E-state index contributed by atoms with van der Waals surface area (Å²) in [6.45, 7) is 0. The molecule has 0 aliphatic carbocycles. The molecule has 0 saturated carbocycles. The normalized spacial score (nSPS) is 13.5. The summed E-state index contributed by atoms with van der Waals surface area (Å²) in [5.41, 5.74) is 0. The van der Waals surface area contributed by atoms with Crippen LogP contribution in [0.1, 0.15) is 0 Å². The number of halogens is 2. The molecule has 0 bridgehead atoms. The van der Waals surface area contributed by atoms with Gasteiger partial charge in [-0.05, 0) is 0 Å². The Kier molecular flexibility index (Phi) is 5.46. The van der Waals surface area contributed by atoms with Crippen molar-refractivity contribution >= 4 is 28.2 Å². The van der Waals surface area contributed by atoms with E-state index in [0.717, 1.165) is 0 Å². The van der Waals surface area contributed by atoms with E-state index in [2.05, 4.69) is 35.6 Å². The average molecular weight is 290 g/mol. The van der Waals surface area contributed by atoms with Crippen LogP contribution in [0.15, 0.2) is 18.3 Å². The van der Waals surface area contributed by atoms with Crippen molar-refractivity contribution in [1.29, 1.82) is 0 Å². The molecule has 0 aromatic carbocycles. The Morgan fingerprint density at radius 3 is 1.75 bits per heavy atom. The van der Waals surface area contributed by atoms with Gasteiger partial charge in [-0.2, -0.15) is 0 Å². The van der Waals surface area contributed by atoms with E-state index in [9.17, 15) is 0 Å². The molecule has 1 aromatic rings. The molecular weight excluding hydrogens is 272 g/mol. The van der Waals surface area contributed by atoms with Gasteiger partial charge >= 0.3 is 64.0 Å². The third kappa shape index (κ3) is 4.11. The van der Waals surface area contributed by atoms with Gasteiger partial charge in [0, 0.05) is 0 Å². The Labute approximate surface area is 88.3 Å². The zero-order valence-corrected chi connectivity index (χ0v) is 12.1. The van der Waals surface area contributed by atoms with Gasteiger partial charge in [-0.25, -0.2) is 0 Å². The molecule has 1 heterocycles. The van der Waals surface area contributed by atoms with E-state index in [1.165, 1.54) is 3.40 Å². The van der Waals surface area contributed by atoms with E-state index in [0.29, 0.717) is 0 Å². The van der Waals surface area contributed by atoms with Crippen LogP contribution in [0.3, 0.4) is 0 Å². The number of aromatic amines is 1. The molecule has 73 valence electrons. The van der Waals surface area contributed by atoms with Crippen molar-refractivity contribution < 1.29 is 18.8 Å². The second-order valence-corrected chi connectivity index (χ2v) is 26.1. The van der Waals surface area contributed by atoms with Crippen molar-refractivity contribution in [2.45, 2.75) is 18.5 Å². The monoisotopic (exact) mass is 288 g/mol. The van der Waals surface area contributed by atoms with E-state index < -0.39 is 18.8 Å². The molecule has 12 heavy (non-hydrogen) atoms. The third-order valence-electron chi connectivity index (χ3n) is 1.68. The second kappa shape index (κ2) is 4.31. The Hall–Kier alpha value is 0.743. The fraction of sp³-hybridized carbons (Fsp3) is 0.500. The predicted octanol–water partition coefficient (Wildman–Crippen LogP) is 3.37. The SMILES string of the molecule is Cl.Cl.[CH3][Zr]([CH3])([CH3])([CH3])[c]1ccc[nH]1. The molecule has 0 radical (unpaired) electrons. The van der Waals surface area contributed by atoms with Gasteiger partial charge in [0.1, 0.15) is 0 Å². The first kappa shape index (κ1) is 15.2. The number of hydrogen-bond donors (Lipinski definition) is 1. The number of aromatic nitrogens is 1. The van der Waals surface area contributed by atoms with Crippen LogP contribution in [0, 0.1) is 0 Å². The molecule has 0 fully saturated rings. The third-order valence-corrected chi connectivity index (χ3v) is 7.74. The van der Waals surface area contributed by atoms with E-state index in [4.69, 9.17) is 0 Å². The van der Waals surface area contributed by atoms with Gasteiger partial charge in [-0.15, -0.1) is 24.8 Å². The van der Waals surface area contributed by atoms with Gasteiger partial charge in [-0.1, -0.05) is 0 Å². The first-order valence-electron chi connectivity index (χ1n) is 3.74. The molecule has 0 amide bonds. The van der Waals surface area contributed by atoms with E-state index in [1.54, 1.807) is 0 Å². The molecule has 0 atom stereocenters. The van der Waals surface area contributed by atoms with E-state index in [-0.39, 0.29) is 24.8 Å². The van der Waals surface area contributed by atoms with E-state index in [1.807, 2.05) is 6.20 Å². The first-order valence-corrected chi connectivity index (χ1v) is 14.8. The summed E-state index contributed by atoms with van der Waals surface area (Å²) >= 11 is -2.31. The molecule has 0 saturated heterocycles. The Bertz CT molecular complexity index is 214. The van der Waals surface area contributed by atoms with Crippen LogP contribution in [-0.2, 0) is 18.8 Å². The van der Waals surface area contributed by atoms with Crippen molar-refractivity contribution in [1.82, 2.24) is 4.98 Å². The van der Waals surface area contributed by atoms with Crippen LogP contribution >= 0.6 is 24.8 Å². The molecule has 0 spiro atoms. The summed E-state index contributed by atoms with van der Waals surface area (Å²) in [5.74, 6) is 0. The number of nitrogens with one attached hydrogen (secondary N) is 1. The second-order valence-electron chi connectivity index (χ2n) is 5.08.